The van der Waals surface area contributed by atoms with Crippen molar-refractivity contribution in [1.29, 1.82) is 0 Å². The Labute approximate surface area is 281 Å². The van der Waals surface area contributed by atoms with E-state index < -0.39 is 35.8 Å². The first-order valence-corrected chi connectivity index (χ1v) is 8.05. The Bertz CT molecular complexity index is 1010. The van der Waals surface area contributed by atoms with Crippen molar-refractivity contribution in [2.45, 2.75) is 0 Å². The first kappa shape index (κ1) is 37.9. The van der Waals surface area contributed by atoms with Gasteiger partial charge < -0.3 is 19.7 Å². The zero-order valence-corrected chi connectivity index (χ0v) is 14.9. The molecule has 0 spiro atoms. The van der Waals surface area contributed by atoms with Crippen LogP contribution in [0.5, 0.6) is 0 Å². The molecule has 0 unspecified atom stereocenters. The van der Waals surface area contributed by atoms with Gasteiger partial charge in [0.25, 0.3) is 0 Å². The second kappa shape index (κ2) is 18.6. The van der Waals surface area contributed by atoms with Crippen molar-refractivity contribution in [1.82, 2.24) is 0 Å². The molecule has 0 amide bonds. The molecular formula is C20H16Na4O10. The third kappa shape index (κ3) is 11.4. The predicted octanol–water partition coefficient (Wildman–Crippen LogP) is -0.888. The molecule has 34 heavy (non-hydrogen) atoms. The summed E-state index contributed by atoms with van der Waals surface area (Å²) in [5.41, 5.74) is -1.53. The standard InChI is InChI=1S/C20H12O10.4Na.4H/c21-15(29-19(27)13-7-3-1-5-11(13)17(23)24)9-10-16(22)30-20(28)14-8-4-2-6-12(14)18(25)26;;;;;;;;/h1-10H,(H,23,24)(H,25,26);;;;;;;;/b10-9-;;;;;;;;. The quantitative estimate of drug-likeness (QED) is 0.217. The molecule has 0 saturated heterocycles. The molecule has 0 fully saturated rings. The maximum atomic E-state index is 11.9. The molecule has 0 aliphatic rings. The van der Waals surface area contributed by atoms with Crippen molar-refractivity contribution in [3.63, 3.8) is 0 Å². The van der Waals surface area contributed by atoms with Crippen LogP contribution in [0.2, 0.25) is 0 Å². The van der Waals surface area contributed by atoms with Crippen LogP contribution in [0.3, 0.4) is 0 Å². The van der Waals surface area contributed by atoms with Gasteiger partial charge in [0, 0.05) is 12.2 Å². The minimum absolute atomic E-state index is 0. The van der Waals surface area contributed by atoms with Crippen LogP contribution >= 0.6 is 0 Å². The summed E-state index contributed by atoms with van der Waals surface area (Å²) in [4.78, 5) is 69.3. The summed E-state index contributed by atoms with van der Waals surface area (Å²) >= 11 is 0. The molecule has 0 atom stereocenters. The fourth-order valence-corrected chi connectivity index (χ4v) is 2.19. The number of carboxylic acid groups (broad SMARTS) is 2. The van der Waals surface area contributed by atoms with Crippen LogP contribution in [0.1, 0.15) is 41.4 Å². The van der Waals surface area contributed by atoms with Crippen LogP contribution < -0.4 is 0 Å². The maximum absolute atomic E-state index is 11.9. The van der Waals surface area contributed by atoms with Crippen molar-refractivity contribution in [3.05, 3.63) is 82.9 Å². The SMILES string of the molecule is O=C(/C=C\C(=O)OC(=O)c1ccccc1C(=O)O)OC(=O)c1ccccc1C(=O)O.[NaH].[NaH].[NaH].[NaH]. The van der Waals surface area contributed by atoms with E-state index in [9.17, 15) is 28.8 Å². The first-order chi connectivity index (χ1) is 14.2. The number of carboxylic acids is 2. The average molecular weight is 508 g/mol. The molecule has 2 rings (SSSR count). The fraction of sp³-hybridized carbons (Fsp3) is 0. The Balaban J connectivity index is -0.00000240. The summed E-state index contributed by atoms with van der Waals surface area (Å²) in [5.74, 6) is -7.99. The average Bonchev–Trinajstić information content (AvgIpc) is 2.72. The van der Waals surface area contributed by atoms with Gasteiger partial charge in [0.15, 0.2) is 0 Å². The number of ether oxygens (including phenoxy) is 2. The number of carbonyl (C=O) groups excluding carboxylic acids is 4. The molecule has 0 aliphatic heterocycles. The summed E-state index contributed by atoms with van der Waals surface area (Å²) in [7, 11) is 0. The molecule has 2 N–H and O–H groups in total. The molecule has 2 aromatic carbocycles. The van der Waals surface area contributed by atoms with Gasteiger partial charge in [0.2, 0.25) is 0 Å². The molecular weight excluding hydrogens is 492 g/mol. The van der Waals surface area contributed by atoms with Gasteiger partial charge in [-0.2, -0.15) is 0 Å². The van der Waals surface area contributed by atoms with E-state index in [1.54, 1.807) is 0 Å². The summed E-state index contributed by atoms with van der Waals surface area (Å²) < 4.78 is 8.84. The molecule has 0 saturated carbocycles. The van der Waals surface area contributed by atoms with E-state index >= 15 is 0 Å². The Morgan fingerprint density at radius 1 is 0.529 bits per heavy atom. The van der Waals surface area contributed by atoms with E-state index in [0.717, 1.165) is 24.3 Å². The topological polar surface area (TPSA) is 161 Å². The molecule has 14 heteroatoms. The van der Waals surface area contributed by atoms with Crippen molar-refractivity contribution < 1.29 is 48.5 Å². The predicted molar refractivity (Wildman–Crippen MR) is 125 cm³/mol. The molecule has 0 radical (unpaired) electrons. The number of hydrogen-bond acceptors (Lipinski definition) is 8. The summed E-state index contributed by atoms with van der Waals surface area (Å²) in [6, 6.07) is 10.0. The monoisotopic (exact) mass is 508 g/mol. The van der Waals surface area contributed by atoms with Gasteiger partial charge >= 0.3 is 154 Å². The van der Waals surface area contributed by atoms with E-state index in [1.807, 2.05) is 0 Å². The number of carbonyl (C=O) groups is 6. The minimum atomic E-state index is -1.41. The number of rotatable bonds is 6. The third-order valence-electron chi connectivity index (χ3n) is 3.50. The number of hydrogen-bond donors (Lipinski definition) is 2. The van der Waals surface area contributed by atoms with E-state index in [4.69, 9.17) is 10.2 Å². The Hall–Kier alpha value is -0.600. The van der Waals surface area contributed by atoms with Gasteiger partial charge in [-0.25, -0.2) is 28.8 Å². The van der Waals surface area contributed by atoms with Crippen LogP contribution in [0.15, 0.2) is 60.7 Å². The van der Waals surface area contributed by atoms with E-state index in [-0.39, 0.29) is 140 Å². The molecule has 0 bridgehead atoms. The summed E-state index contributed by atoms with van der Waals surface area (Å²) in [5, 5.41) is 18.0. The Kier molecular flexibility index (Phi) is 20.8. The van der Waals surface area contributed by atoms with Crippen LogP contribution in [0.4, 0.5) is 0 Å². The molecule has 160 valence electrons. The van der Waals surface area contributed by atoms with E-state index in [2.05, 4.69) is 9.47 Å². The van der Waals surface area contributed by atoms with Crippen LogP contribution in [-0.2, 0) is 19.1 Å². The molecule has 10 nitrogen and oxygen atoms in total. The summed E-state index contributed by atoms with van der Waals surface area (Å²) in [6.07, 6.45) is 0.972. The van der Waals surface area contributed by atoms with Gasteiger partial charge in [0.1, 0.15) is 0 Å². The van der Waals surface area contributed by atoms with Crippen LogP contribution in [0, 0.1) is 0 Å². The van der Waals surface area contributed by atoms with Gasteiger partial charge in [-0.3, -0.25) is 0 Å². The second-order valence-electron chi connectivity index (χ2n) is 5.45. The van der Waals surface area contributed by atoms with Crippen LogP contribution in [-0.4, -0.2) is 164 Å². The van der Waals surface area contributed by atoms with Crippen molar-refractivity contribution in [3.8, 4) is 0 Å². The molecule has 0 heterocycles. The second-order valence-corrected chi connectivity index (χ2v) is 5.45. The van der Waals surface area contributed by atoms with Gasteiger partial charge in [-0.15, -0.1) is 0 Å². The summed E-state index contributed by atoms with van der Waals surface area (Å²) in [6.45, 7) is 0. The van der Waals surface area contributed by atoms with E-state index in [1.165, 1.54) is 24.3 Å². The molecule has 0 aliphatic carbocycles. The normalized spacial score (nSPS) is 9.06. The fourth-order valence-electron chi connectivity index (χ4n) is 2.19. The third-order valence-corrected chi connectivity index (χ3v) is 3.50. The zero-order valence-electron chi connectivity index (χ0n) is 14.9. The van der Waals surface area contributed by atoms with Crippen molar-refractivity contribution >= 4 is 154 Å². The number of esters is 4. The van der Waals surface area contributed by atoms with Gasteiger partial charge in [0.05, 0.1) is 22.3 Å². The number of aromatic carboxylic acids is 2. The molecule has 2 aromatic rings. The number of benzene rings is 2. The first-order valence-electron chi connectivity index (χ1n) is 8.05. The Morgan fingerprint density at radius 3 is 1.06 bits per heavy atom. The molecule has 0 aromatic heterocycles. The van der Waals surface area contributed by atoms with Crippen molar-refractivity contribution in [2.24, 2.45) is 0 Å². The van der Waals surface area contributed by atoms with Crippen molar-refractivity contribution in [2.75, 3.05) is 0 Å². The van der Waals surface area contributed by atoms with Gasteiger partial charge in [-0.05, 0) is 24.3 Å². The van der Waals surface area contributed by atoms with Crippen LogP contribution in [0.25, 0.3) is 0 Å². The Morgan fingerprint density at radius 2 is 0.794 bits per heavy atom. The van der Waals surface area contributed by atoms with Gasteiger partial charge in [-0.1, -0.05) is 24.3 Å². The van der Waals surface area contributed by atoms with E-state index in [0.29, 0.717) is 12.2 Å². The zero-order chi connectivity index (χ0) is 22.3.